The molecule has 154 valence electrons. The Kier molecular flexibility index (Phi) is 7.39. The van der Waals surface area contributed by atoms with Crippen LogP contribution in [0.3, 0.4) is 0 Å². The largest absolute Gasteiger partial charge is 0.482 e. The van der Waals surface area contributed by atoms with Crippen molar-refractivity contribution in [2.24, 2.45) is 0 Å². The van der Waals surface area contributed by atoms with Gasteiger partial charge in [0.1, 0.15) is 17.4 Å². The molecule has 8 nitrogen and oxygen atoms in total. The van der Waals surface area contributed by atoms with E-state index < -0.39 is 23.6 Å². The number of carbonyl (C=O) groups is 3. The molecule has 0 aromatic heterocycles. The Hall–Kier alpha value is -2.61. The lowest BCUT2D eigenvalue weighted by Gasteiger charge is -2.19. The molecule has 2 atom stereocenters. The van der Waals surface area contributed by atoms with Crippen LogP contribution in [-0.2, 0) is 25.5 Å². The van der Waals surface area contributed by atoms with Crippen molar-refractivity contribution in [2.75, 3.05) is 13.2 Å². The van der Waals surface area contributed by atoms with Crippen LogP contribution in [0.1, 0.15) is 39.2 Å². The summed E-state index contributed by atoms with van der Waals surface area (Å²) < 4.78 is 10.6. The van der Waals surface area contributed by atoms with Crippen LogP contribution in [-0.4, -0.2) is 53.8 Å². The molecule has 1 saturated heterocycles. The van der Waals surface area contributed by atoms with Gasteiger partial charge in [-0.2, -0.15) is 0 Å². The minimum Gasteiger partial charge on any atom is -0.482 e. The number of carbonyl (C=O) groups excluding carboxylic acids is 2. The number of esters is 1. The van der Waals surface area contributed by atoms with Crippen molar-refractivity contribution >= 4 is 17.8 Å². The normalized spacial score (nSPS) is 17.6. The van der Waals surface area contributed by atoms with Gasteiger partial charge in [0.05, 0.1) is 6.04 Å². The maximum absolute atomic E-state index is 12.2. The molecule has 0 saturated carbocycles. The molecule has 0 aliphatic carbocycles. The van der Waals surface area contributed by atoms with Crippen molar-refractivity contribution in [1.29, 1.82) is 0 Å². The number of hydrogen-bond donors (Lipinski definition) is 3. The molecule has 1 amide bonds. The van der Waals surface area contributed by atoms with E-state index in [0.717, 1.165) is 18.5 Å². The van der Waals surface area contributed by atoms with E-state index in [2.05, 4.69) is 10.6 Å². The number of carboxylic acids is 1. The zero-order valence-electron chi connectivity index (χ0n) is 16.5. The van der Waals surface area contributed by atoms with Crippen molar-refractivity contribution in [3.8, 4) is 5.75 Å². The summed E-state index contributed by atoms with van der Waals surface area (Å²) in [6, 6.07) is 5.38. The van der Waals surface area contributed by atoms with Crippen molar-refractivity contribution in [2.45, 2.75) is 57.7 Å². The third-order valence-electron chi connectivity index (χ3n) is 4.13. The minimum absolute atomic E-state index is 0.153. The first kappa shape index (κ1) is 21.7. The second kappa shape index (κ2) is 9.54. The Morgan fingerprint density at radius 3 is 2.46 bits per heavy atom. The average Bonchev–Trinajstić information content (AvgIpc) is 3.13. The number of amides is 1. The van der Waals surface area contributed by atoms with Gasteiger partial charge in [0.15, 0.2) is 6.61 Å². The Morgan fingerprint density at radius 2 is 1.93 bits per heavy atom. The van der Waals surface area contributed by atoms with E-state index in [1.165, 1.54) is 0 Å². The first-order chi connectivity index (χ1) is 13.1. The van der Waals surface area contributed by atoms with Gasteiger partial charge < -0.3 is 25.2 Å². The van der Waals surface area contributed by atoms with Crippen LogP contribution in [0.25, 0.3) is 0 Å². The van der Waals surface area contributed by atoms with E-state index >= 15 is 0 Å². The summed E-state index contributed by atoms with van der Waals surface area (Å²) in [5.74, 6) is -1.37. The van der Waals surface area contributed by atoms with Crippen LogP contribution in [0.15, 0.2) is 24.3 Å². The molecule has 28 heavy (non-hydrogen) atoms. The number of aliphatic carboxylic acids is 1. The molecule has 0 bridgehead atoms. The van der Waals surface area contributed by atoms with E-state index in [1.807, 2.05) is 0 Å². The standard InChI is InChI=1S/C20H28N2O6/c1-20(2,3)28-17(23)12-27-14-8-6-13(7-9-14)11-16(19(25)26)22-18(24)15-5-4-10-21-15/h6-9,15-16,21H,4-5,10-12H2,1-3H3,(H,22,24)(H,25,26)/t15-,16-/m0/s1. The highest BCUT2D eigenvalue weighted by atomic mass is 16.6. The maximum atomic E-state index is 12.2. The molecule has 1 aromatic rings. The van der Waals surface area contributed by atoms with Gasteiger partial charge in [0.25, 0.3) is 0 Å². The predicted molar refractivity (Wildman–Crippen MR) is 102 cm³/mol. The van der Waals surface area contributed by atoms with Gasteiger partial charge in [-0.25, -0.2) is 9.59 Å². The van der Waals surface area contributed by atoms with Crippen LogP contribution in [0.4, 0.5) is 0 Å². The molecule has 2 rings (SSSR count). The quantitative estimate of drug-likeness (QED) is 0.571. The predicted octanol–water partition coefficient (Wildman–Crippen LogP) is 1.27. The average molecular weight is 392 g/mol. The van der Waals surface area contributed by atoms with Gasteiger partial charge in [-0.05, 0) is 57.9 Å². The van der Waals surface area contributed by atoms with Crippen LogP contribution in [0, 0.1) is 0 Å². The smallest absolute Gasteiger partial charge is 0.344 e. The molecule has 0 radical (unpaired) electrons. The van der Waals surface area contributed by atoms with Crippen LogP contribution in [0.2, 0.25) is 0 Å². The van der Waals surface area contributed by atoms with E-state index in [0.29, 0.717) is 12.2 Å². The number of hydrogen-bond acceptors (Lipinski definition) is 6. The second-order valence-corrected chi connectivity index (χ2v) is 7.77. The molecule has 1 heterocycles. The van der Waals surface area contributed by atoms with Crippen LogP contribution >= 0.6 is 0 Å². The molecule has 1 aliphatic heterocycles. The zero-order chi connectivity index (χ0) is 20.7. The summed E-state index contributed by atoms with van der Waals surface area (Å²) in [7, 11) is 0. The third kappa shape index (κ3) is 7.19. The number of carboxylic acid groups (broad SMARTS) is 1. The number of nitrogens with one attached hydrogen (secondary N) is 2. The van der Waals surface area contributed by atoms with Crippen LogP contribution < -0.4 is 15.4 Å². The highest BCUT2D eigenvalue weighted by Gasteiger charge is 2.27. The Balaban J connectivity index is 1.87. The number of rotatable bonds is 8. The van der Waals surface area contributed by atoms with Crippen molar-refractivity contribution in [3.05, 3.63) is 29.8 Å². The first-order valence-electron chi connectivity index (χ1n) is 9.34. The van der Waals surface area contributed by atoms with Gasteiger partial charge in [-0.1, -0.05) is 12.1 Å². The Morgan fingerprint density at radius 1 is 1.25 bits per heavy atom. The lowest BCUT2D eigenvalue weighted by molar-refractivity contribution is -0.157. The number of ether oxygens (including phenoxy) is 2. The molecule has 8 heteroatoms. The summed E-state index contributed by atoms with van der Waals surface area (Å²) in [6.45, 7) is 5.89. The lowest BCUT2D eigenvalue weighted by Crippen LogP contribution is -2.49. The Bertz CT molecular complexity index is 690. The van der Waals surface area contributed by atoms with Crippen molar-refractivity contribution < 1.29 is 29.0 Å². The van der Waals surface area contributed by atoms with E-state index in [-0.39, 0.29) is 25.0 Å². The molecular weight excluding hydrogens is 364 g/mol. The number of benzene rings is 1. The van der Waals surface area contributed by atoms with Crippen LogP contribution in [0.5, 0.6) is 5.75 Å². The fraction of sp³-hybridized carbons (Fsp3) is 0.550. The monoisotopic (exact) mass is 392 g/mol. The maximum Gasteiger partial charge on any atom is 0.344 e. The van der Waals surface area contributed by atoms with Gasteiger partial charge in [-0.3, -0.25) is 4.79 Å². The van der Waals surface area contributed by atoms with Gasteiger partial charge in [0, 0.05) is 6.42 Å². The lowest BCUT2D eigenvalue weighted by atomic mass is 10.1. The van der Waals surface area contributed by atoms with E-state index in [1.54, 1.807) is 45.0 Å². The van der Waals surface area contributed by atoms with E-state index in [9.17, 15) is 19.5 Å². The summed E-state index contributed by atoms with van der Waals surface area (Å²) in [4.78, 5) is 35.3. The summed E-state index contributed by atoms with van der Waals surface area (Å²) in [5, 5.41) is 15.0. The van der Waals surface area contributed by atoms with Gasteiger partial charge >= 0.3 is 11.9 Å². The van der Waals surface area contributed by atoms with E-state index in [4.69, 9.17) is 9.47 Å². The highest BCUT2D eigenvalue weighted by molar-refractivity contribution is 5.87. The molecular formula is C20H28N2O6. The molecule has 1 fully saturated rings. The Labute approximate surface area is 164 Å². The molecule has 1 aliphatic rings. The molecule has 1 aromatic carbocycles. The first-order valence-corrected chi connectivity index (χ1v) is 9.34. The second-order valence-electron chi connectivity index (χ2n) is 7.77. The molecule has 0 unspecified atom stereocenters. The van der Waals surface area contributed by atoms with Gasteiger partial charge in [0.2, 0.25) is 5.91 Å². The molecule has 3 N–H and O–H groups in total. The summed E-state index contributed by atoms with van der Waals surface area (Å²) in [5.41, 5.74) is 0.158. The van der Waals surface area contributed by atoms with Crippen molar-refractivity contribution in [3.63, 3.8) is 0 Å². The third-order valence-corrected chi connectivity index (χ3v) is 4.13. The summed E-state index contributed by atoms with van der Waals surface area (Å²) in [6.07, 6.45) is 1.77. The van der Waals surface area contributed by atoms with Crippen molar-refractivity contribution in [1.82, 2.24) is 10.6 Å². The fourth-order valence-electron chi connectivity index (χ4n) is 2.85. The minimum atomic E-state index is -1.09. The highest BCUT2D eigenvalue weighted by Crippen LogP contribution is 2.15. The molecule has 0 spiro atoms. The SMILES string of the molecule is CC(C)(C)OC(=O)COc1ccc(C[C@H](NC(=O)[C@@H]2CCCN2)C(=O)O)cc1. The fourth-order valence-corrected chi connectivity index (χ4v) is 2.85. The summed E-state index contributed by atoms with van der Waals surface area (Å²) >= 11 is 0. The van der Waals surface area contributed by atoms with Gasteiger partial charge in [-0.15, -0.1) is 0 Å². The zero-order valence-corrected chi connectivity index (χ0v) is 16.5. The topological polar surface area (TPSA) is 114 Å².